The number of hydrogen-bond donors (Lipinski definition) is 5. The van der Waals surface area contributed by atoms with Crippen LogP contribution in [-0.2, 0) is 13.9 Å². The van der Waals surface area contributed by atoms with E-state index in [4.69, 9.17) is 15.2 Å². The van der Waals surface area contributed by atoms with Crippen LogP contribution in [0.25, 0.3) is 0 Å². The normalized spacial score (nSPS) is 48.0. The molecule has 0 radical (unpaired) electrons. The third kappa shape index (κ3) is 2.95. The molecule has 4 aliphatic rings. The van der Waals surface area contributed by atoms with Crippen molar-refractivity contribution in [1.82, 2.24) is 0 Å². The molecule has 0 aromatic heterocycles. The number of allylic oxidation sites excluding steroid dienone is 4. The Morgan fingerprint density at radius 1 is 1.34 bits per heavy atom. The predicted molar refractivity (Wildman–Crippen MR) is 114 cm³/mol. The molecule has 0 amide bonds. The lowest BCUT2D eigenvalue weighted by Gasteiger charge is -2.62. The van der Waals surface area contributed by atoms with Crippen LogP contribution in [0.3, 0.4) is 0 Å². The van der Waals surface area contributed by atoms with E-state index in [1.807, 2.05) is 0 Å². The van der Waals surface area contributed by atoms with Crippen LogP contribution in [-0.4, -0.2) is 55.5 Å². The molecule has 8 nitrogen and oxygen atoms in total. The standard InChI is InChI=1S/C22H31FNO7P/c1-12-8-16-15-5-4-13-9-14(24)6-7-19(13,2)21(15,23)17(25)10-20(16,3)22(12,27)18(26)11-31-32(28,29)30/h6-7,9,12,15-17,24-25,27H,4-5,8,10-11H2,1-3H3,(H2,28,29,30)/t12-,15-,16-,17-,19-,20-,21-,22-/m0/s1. The van der Waals surface area contributed by atoms with Crippen LogP contribution >= 0.6 is 7.82 Å². The Morgan fingerprint density at radius 3 is 2.62 bits per heavy atom. The van der Waals surface area contributed by atoms with Gasteiger partial charge in [-0.05, 0) is 56.6 Å². The monoisotopic (exact) mass is 471 g/mol. The molecule has 8 atom stereocenters. The number of rotatable bonds is 4. The molecule has 5 N–H and O–H groups in total. The number of carbonyl (C=O) groups excluding carboxylic acids is 1. The minimum absolute atomic E-state index is 0.179. The number of fused-ring (bicyclic) bond motifs is 5. The molecule has 4 rings (SSSR count). The van der Waals surface area contributed by atoms with Gasteiger partial charge < -0.3 is 25.4 Å². The second kappa shape index (κ2) is 7.14. The molecule has 0 unspecified atom stereocenters. The maximum atomic E-state index is 17.0. The predicted octanol–water partition coefficient (Wildman–Crippen LogP) is 2.46. The summed E-state index contributed by atoms with van der Waals surface area (Å²) in [4.78, 5) is 31.0. The van der Waals surface area contributed by atoms with Crippen LogP contribution in [0.2, 0.25) is 0 Å². The molecule has 3 fully saturated rings. The number of phosphoric ester groups is 1. The van der Waals surface area contributed by atoms with Crippen LogP contribution in [0, 0.1) is 34.0 Å². The van der Waals surface area contributed by atoms with E-state index in [0.29, 0.717) is 19.3 Å². The maximum absolute atomic E-state index is 17.0. The van der Waals surface area contributed by atoms with Gasteiger partial charge in [-0.2, -0.15) is 0 Å². The first-order chi connectivity index (χ1) is 14.6. The number of hydrogen-bond acceptors (Lipinski definition) is 6. The lowest BCUT2D eigenvalue weighted by Crippen LogP contribution is -2.69. The molecule has 0 bridgehead atoms. The van der Waals surface area contributed by atoms with E-state index >= 15 is 4.39 Å². The highest BCUT2D eigenvalue weighted by Gasteiger charge is 2.75. The third-order valence-corrected chi connectivity index (χ3v) is 9.51. The first kappa shape index (κ1) is 23.9. The molecule has 0 heterocycles. The average molecular weight is 471 g/mol. The lowest BCUT2D eigenvalue weighted by atomic mass is 9.44. The summed E-state index contributed by atoms with van der Waals surface area (Å²) in [5.74, 6) is -2.55. The SMILES string of the molecule is C[C@H]1C[C@H]2[C@@H]3CCC4=CC(=N)C=C[C@]4(C)[C@@]3(F)[C@@H](O)C[C@]2(C)[C@@]1(O)C(=O)COP(=O)(O)O. The van der Waals surface area contributed by atoms with Crippen LogP contribution in [0.5, 0.6) is 0 Å². The quantitative estimate of drug-likeness (QED) is 0.396. The summed E-state index contributed by atoms with van der Waals surface area (Å²) < 4.78 is 32.5. The second-order valence-electron chi connectivity index (χ2n) is 10.4. The van der Waals surface area contributed by atoms with Crippen molar-refractivity contribution in [2.75, 3.05) is 6.61 Å². The van der Waals surface area contributed by atoms with Crippen molar-refractivity contribution in [2.24, 2.45) is 28.6 Å². The van der Waals surface area contributed by atoms with Gasteiger partial charge in [0.25, 0.3) is 0 Å². The first-order valence-electron chi connectivity index (χ1n) is 10.9. The van der Waals surface area contributed by atoms with Gasteiger partial charge in [0.1, 0.15) is 12.2 Å². The number of phosphoric acid groups is 1. The number of carbonyl (C=O) groups is 1. The summed E-state index contributed by atoms with van der Waals surface area (Å²) in [6, 6.07) is 0. The van der Waals surface area contributed by atoms with E-state index in [1.165, 1.54) is 0 Å². The van der Waals surface area contributed by atoms with E-state index in [-0.39, 0.29) is 12.1 Å². The van der Waals surface area contributed by atoms with Crippen molar-refractivity contribution >= 4 is 19.3 Å². The molecular weight excluding hydrogens is 440 g/mol. The molecule has 178 valence electrons. The molecule has 32 heavy (non-hydrogen) atoms. The van der Waals surface area contributed by atoms with E-state index in [2.05, 4.69) is 4.52 Å². The van der Waals surface area contributed by atoms with Gasteiger partial charge in [0, 0.05) is 16.7 Å². The Balaban J connectivity index is 1.74. The number of alkyl halides is 1. The Labute approximate surface area is 186 Å². The van der Waals surface area contributed by atoms with Crippen LogP contribution in [0.4, 0.5) is 4.39 Å². The third-order valence-electron chi connectivity index (χ3n) is 9.04. The van der Waals surface area contributed by atoms with Crippen molar-refractivity contribution in [3.05, 3.63) is 23.8 Å². The summed E-state index contributed by atoms with van der Waals surface area (Å²) in [6.07, 6.45) is 4.50. The average Bonchev–Trinajstić information content (AvgIpc) is 2.89. The summed E-state index contributed by atoms with van der Waals surface area (Å²) in [7, 11) is -4.92. The maximum Gasteiger partial charge on any atom is 0.470 e. The molecule has 0 aliphatic heterocycles. The van der Waals surface area contributed by atoms with Crippen molar-refractivity contribution in [3.8, 4) is 0 Å². The smallest absolute Gasteiger partial charge is 0.390 e. The van der Waals surface area contributed by atoms with Gasteiger partial charge in [0.05, 0.1) is 11.8 Å². The van der Waals surface area contributed by atoms with Crippen LogP contribution < -0.4 is 0 Å². The highest BCUT2D eigenvalue weighted by atomic mass is 31.2. The van der Waals surface area contributed by atoms with E-state index < -0.39 is 66.2 Å². The Kier molecular flexibility index (Phi) is 5.34. The van der Waals surface area contributed by atoms with Gasteiger partial charge in [-0.25, -0.2) is 8.96 Å². The van der Waals surface area contributed by atoms with E-state index in [9.17, 15) is 19.6 Å². The van der Waals surface area contributed by atoms with Crippen molar-refractivity contribution in [1.29, 1.82) is 5.41 Å². The van der Waals surface area contributed by atoms with E-state index in [1.54, 1.807) is 39.0 Å². The highest BCUT2D eigenvalue weighted by Crippen LogP contribution is 2.70. The minimum Gasteiger partial charge on any atom is -0.390 e. The largest absolute Gasteiger partial charge is 0.470 e. The summed E-state index contributed by atoms with van der Waals surface area (Å²) >= 11 is 0. The van der Waals surface area contributed by atoms with Crippen molar-refractivity contribution in [2.45, 2.75) is 63.8 Å². The summed E-state index contributed by atoms with van der Waals surface area (Å²) in [5.41, 5.74) is -5.29. The molecule has 10 heteroatoms. The highest BCUT2D eigenvalue weighted by molar-refractivity contribution is 7.46. The first-order valence-corrected chi connectivity index (χ1v) is 12.5. The molecule has 0 saturated heterocycles. The van der Waals surface area contributed by atoms with Crippen molar-refractivity contribution in [3.63, 3.8) is 0 Å². The summed E-state index contributed by atoms with van der Waals surface area (Å²) in [5, 5.41) is 30.8. The Bertz CT molecular complexity index is 977. The Morgan fingerprint density at radius 2 is 2.00 bits per heavy atom. The zero-order valence-corrected chi connectivity index (χ0v) is 19.3. The van der Waals surface area contributed by atoms with Crippen LogP contribution in [0.1, 0.15) is 46.5 Å². The van der Waals surface area contributed by atoms with Gasteiger partial charge in [-0.1, -0.05) is 25.5 Å². The van der Waals surface area contributed by atoms with E-state index in [0.717, 1.165) is 5.57 Å². The molecule has 0 spiro atoms. The number of Topliss-reactive ketones (excluding diaryl/α,β-unsaturated/α-hetero) is 1. The number of halogens is 1. The molecule has 4 aliphatic carbocycles. The summed E-state index contributed by atoms with van der Waals surface area (Å²) in [6.45, 7) is 4.11. The molecular formula is C22H31FNO7P. The van der Waals surface area contributed by atoms with Gasteiger partial charge in [0.2, 0.25) is 0 Å². The fourth-order valence-electron chi connectivity index (χ4n) is 7.42. The number of nitrogens with one attached hydrogen (secondary N) is 1. The number of aliphatic hydroxyl groups excluding tert-OH is 1. The molecule has 3 saturated carbocycles. The zero-order chi connectivity index (χ0) is 23.9. The van der Waals surface area contributed by atoms with Gasteiger partial charge in [-0.15, -0.1) is 0 Å². The fraction of sp³-hybridized carbons (Fsp3) is 0.727. The molecule has 0 aromatic carbocycles. The van der Waals surface area contributed by atoms with Gasteiger partial charge >= 0.3 is 7.82 Å². The lowest BCUT2D eigenvalue weighted by molar-refractivity contribution is -0.219. The number of ketones is 1. The Hall–Kier alpha value is -1.22. The fourth-order valence-corrected chi connectivity index (χ4v) is 7.70. The van der Waals surface area contributed by atoms with Gasteiger partial charge in [0.15, 0.2) is 11.5 Å². The topological polar surface area (TPSA) is 148 Å². The van der Waals surface area contributed by atoms with Crippen LogP contribution in [0.15, 0.2) is 23.8 Å². The number of aliphatic hydroxyl groups is 2. The van der Waals surface area contributed by atoms with Gasteiger partial charge in [-0.3, -0.25) is 9.32 Å². The molecule has 0 aromatic rings. The minimum atomic E-state index is -4.92. The second-order valence-corrected chi connectivity index (χ2v) is 11.6. The zero-order valence-electron chi connectivity index (χ0n) is 18.4. The van der Waals surface area contributed by atoms with Crippen molar-refractivity contribution < 1.29 is 38.3 Å².